The van der Waals surface area contributed by atoms with Gasteiger partial charge in [-0.1, -0.05) is 140 Å². The van der Waals surface area contributed by atoms with E-state index in [-0.39, 0.29) is 0 Å². The molecule has 0 atom stereocenters. The van der Waals surface area contributed by atoms with Crippen molar-refractivity contribution in [2.75, 3.05) is 0 Å². The molecule has 3 heteroatoms. The molecule has 0 saturated carbocycles. The van der Waals surface area contributed by atoms with Gasteiger partial charge in [-0.15, -0.1) is 0 Å². The molecule has 2 heterocycles. The number of fused-ring (bicyclic) bond motifs is 6. The summed E-state index contributed by atoms with van der Waals surface area (Å²) in [5.74, 6) is 0.677. The molecule has 0 unspecified atom stereocenters. The van der Waals surface area contributed by atoms with Gasteiger partial charge in [0.05, 0.1) is 11.2 Å². The highest BCUT2D eigenvalue weighted by Crippen LogP contribution is 2.43. The van der Waals surface area contributed by atoms with Gasteiger partial charge in [0.15, 0.2) is 5.82 Å². The highest BCUT2D eigenvalue weighted by atomic mass is 16.3. The highest BCUT2D eigenvalue weighted by Gasteiger charge is 2.21. The summed E-state index contributed by atoms with van der Waals surface area (Å²) in [6.07, 6.45) is 0. The van der Waals surface area contributed by atoms with Crippen LogP contribution in [-0.4, -0.2) is 9.97 Å². The van der Waals surface area contributed by atoms with E-state index in [1.165, 1.54) is 21.9 Å². The maximum absolute atomic E-state index is 6.83. The molecule has 228 valence electrons. The van der Waals surface area contributed by atoms with E-state index in [4.69, 9.17) is 14.4 Å². The van der Waals surface area contributed by atoms with Gasteiger partial charge in [0.1, 0.15) is 11.2 Å². The van der Waals surface area contributed by atoms with Crippen LogP contribution in [0.3, 0.4) is 0 Å². The maximum atomic E-state index is 6.83. The van der Waals surface area contributed by atoms with Crippen molar-refractivity contribution in [3.05, 3.63) is 170 Å². The van der Waals surface area contributed by atoms with Gasteiger partial charge >= 0.3 is 0 Å². The third-order valence-electron chi connectivity index (χ3n) is 9.67. The Bertz CT molecular complexity index is 2860. The first-order chi connectivity index (χ1) is 24.3. The largest absolute Gasteiger partial charge is 0.455 e. The lowest BCUT2D eigenvalue weighted by atomic mass is 9.94. The van der Waals surface area contributed by atoms with Gasteiger partial charge in [-0.05, 0) is 68.6 Å². The molecule has 0 aliphatic heterocycles. The van der Waals surface area contributed by atoms with Crippen molar-refractivity contribution in [3.63, 3.8) is 0 Å². The fraction of sp³-hybridized carbons (Fsp3) is 0. The normalized spacial score (nSPS) is 11.7. The smallest absolute Gasteiger partial charge is 0.161 e. The molecule has 0 amide bonds. The molecule has 0 spiro atoms. The number of hydrogen-bond donors (Lipinski definition) is 0. The van der Waals surface area contributed by atoms with Gasteiger partial charge in [0.2, 0.25) is 0 Å². The summed E-state index contributed by atoms with van der Waals surface area (Å²) in [5, 5.41) is 7.89. The quantitative estimate of drug-likeness (QED) is 0.196. The maximum Gasteiger partial charge on any atom is 0.161 e. The molecule has 10 aromatic rings. The Kier molecular flexibility index (Phi) is 6.18. The van der Waals surface area contributed by atoms with E-state index < -0.39 is 0 Å². The van der Waals surface area contributed by atoms with Crippen molar-refractivity contribution in [2.45, 2.75) is 0 Å². The van der Waals surface area contributed by atoms with Crippen LogP contribution in [0.15, 0.2) is 174 Å². The molecule has 0 fully saturated rings. The molecular formula is C46H28N2O. The van der Waals surface area contributed by atoms with Crippen LogP contribution in [0.25, 0.3) is 99.3 Å². The van der Waals surface area contributed by atoms with Crippen LogP contribution in [-0.2, 0) is 0 Å². The molecule has 0 bridgehead atoms. The van der Waals surface area contributed by atoms with Gasteiger partial charge in [-0.25, -0.2) is 9.97 Å². The second-order valence-electron chi connectivity index (χ2n) is 12.5. The Morgan fingerprint density at radius 2 is 1.02 bits per heavy atom. The number of para-hydroxylation sites is 1. The van der Waals surface area contributed by atoms with Crippen LogP contribution in [0.1, 0.15) is 0 Å². The van der Waals surface area contributed by atoms with Gasteiger partial charge in [-0.3, -0.25) is 0 Å². The van der Waals surface area contributed by atoms with Crippen molar-refractivity contribution in [2.24, 2.45) is 0 Å². The zero-order chi connectivity index (χ0) is 32.3. The van der Waals surface area contributed by atoms with Gasteiger partial charge < -0.3 is 4.42 Å². The molecule has 49 heavy (non-hydrogen) atoms. The first-order valence-electron chi connectivity index (χ1n) is 16.6. The van der Waals surface area contributed by atoms with E-state index in [0.717, 1.165) is 71.6 Å². The molecule has 2 aromatic heterocycles. The van der Waals surface area contributed by atoms with E-state index >= 15 is 0 Å². The Morgan fingerprint density at radius 3 is 1.84 bits per heavy atom. The van der Waals surface area contributed by atoms with Crippen LogP contribution in [0.5, 0.6) is 0 Å². The van der Waals surface area contributed by atoms with E-state index in [0.29, 0.717) is 5.82 Å². The molecule has 10 rings (SSSR count). The van der Waals surface area contributed by atoms with Gasteiger partial charge in [0, 0.05) is 32.8 Å². The molecule has 0 N–H and O–H groups in total. The molecule has 0 radical (unpaired) electrons. The first kappa shape index (κ1) is 27.5. The zero-order valence-corrected chi connectivity index (χ0v) is 26.5. The summed E-state index contributed by atoms with van der Waals surface area (Å²) in [6.45, 7) is 0. The summed E-state index contributed by atoms with van der Waals surface area (Å²) in [7, 11) is 0. The molecular weight excluding hydrogens is 597 g/mol. The van der Waals surface area contributed by atoms with Crippen LogP contribution in [0.4, 0.5) is 0 Å². The van der Waals surface area contributed by atoms with Crippen molar-refractivity contribution < 1.29 is 4.42 Å². The van der Waals surface area contributed by atoms with Crippen molar-refractivity contribution in [1.82, 2.24) is 9.97 Å². The number of rotatable bonds is 4. The summed E-state index contributed by atoms with van der Waals surface area (Å²) in [5.41, 5.74) is 10.0. The van der Waals surface area contributed by atoms with Crippen molar-refractivity contribution in [1.29, 1.82) is 0 Å². The molecule has 0 aliphatic rings. The minimum absolute atomic E-state index is 0.677. The average Bonchev–Trinajstić information content (AvgIpc) is 3.54. The van der Waals surface area contributed by atoms with E-state index in [1.54, 1.807) is 0 Å². The van der Waals surface area contributed by atoms with E-state index in [2.05, 4.69) is 152 Å². The second-order valence-corrected chi connectivity index (χ2v) is 12.5. The Balaban J connectivity index is 1.21. The highest BCUT2D eigenvalue weighted by molar-refractivity contribution is 6.18. The number of nitrogens with zero attached hydrogens (tertiary/aromatic N) is 2. The summed E-state index contributed by atoms with van der Waals surface area (Å²) in [4.78, 5) is 10.4. The number of hydrogen-bond acceptors (Lipinski definition) is 3. The molecule has 0 saturated heterocycles. The standard InChI is InChI=1S/C46H28N2O/c1-2-12-32(13-3-1)44-38-18-8-9-20-41(38)47-46(48-44)39-26-25-37(45-43(39)40-27-33-14-4-5-15-34(33)28-42(40)49-45)31-23-21-30(22-24-31)36-19-10-16-29-11-6-7-17-35(29)36/h1-28H. The van der Waals surface area contributed by atoms with Crippen molar-refractivity contribution >= 4 is 54.4 Å². The van der Waals surface area contributed by atoms with Gasteiger partial charge in [0.25, 0.3) is 0 Å². The minimum Gasteiger partial charge on any atom is -0.455 e. The van der Waals surface area contributed by atoms with Crippen LogP contribution in [0.2, 0.25) is 0 Å². The topological polar surface area (TPSA) is 38.9 Å². The third-order valence-corrected chi connectivity index (χ3v) is 9.67. The van der Waals surface area contributed by atoms with Crippen LogP contribution >= 0.6 is 0 Å². The lowest BCUT2D eigenvalue weighted by molar-refractivity contribution is 0.670. The zero-order valence-electron chi connectivity index (χ0n) is 26.5. The molecule has 3 nitrogen and oxygen atoms in total. The lowest BCUT2D eigenvalue weighted by Gasteiger charge is -2.12. The number of furan rings is 1. The Hall–Kier alpha value is -6.58. The number of benzene rings is 8. The molecule has 8 aromatic carbocycles. The van der Waals surface area contributed by atoms with Crippen LogP contribution in [0, 0.1) is 0 Å². The average molecular weight is 625 g/mol. The minimum atomic E-state index is 0.677. The predicted molar refractivity (Wildman–Crippen MR) is 204 cm³/mol. The third kappa shape index (κ3) is 4.51. The molecule has 0 aliphatic carbocycles. The van der Waals surface area contributed by atoms with Crippen molar-refractivity contribution in [3.8, 4) is 44.9 Å². The fourth-order valence-electron chi connectivity index (χ4n) is 7.30. The van der Waals surface area contributed by atoms with E-state index in [9.17, 15) is 0 Å². The van der Waals surface area contributed by atoms with Gasteiger partial charge in [-0.2, -0.15) is 0 Å². The Labute approximate surface area is 282 Å². The van der Waals surface area contributed by atoms with E-state index in [1.807, 2.05) is 18.2 Å². The second kappa shape index (κ2) is 11.0. The summed E-state index contributed by atoms with van der Waals surface area (Å²) >= 11 is 0. The summed E-state index contributed by atoms with van der Waals surface area (Å²) in [6, 6.07) is 59.6. The lowest BCUT2D eigenvalue weighted by Crippen LogP contribution is -1.96. The summed E-state index contributed by atoms with van der Waals surface area (Å²) < 4.78 is 6.83. The SMILES string of the molecule is c1ccc(-c2nc(-c3ccc(-c4ccc(-c5cccc6ccccc56)cc4)c4oc5cc6ccccc6cc5c34)nc3ccccc23)cc1. The monoisotopic (exact) mass is 624 g/mol. The first-order valence-corrected chi connectivity index (χ1v) is 16.6. The Morgan fingerprint density at radius 1 is 0.388 bits per heavy atom. The van der Waals surface area contributed by atoms with Crippen LogP contribution < -0.4 is 0 Å². The predicted octanol–water partition coefficient (Wildman–Crippen LogP) is 12.5. The fourth-order valence-corrected chi connectivity index (χ4v) is 7.30. The number of aromatic nitrogens is 2.